The van der Waals surface area contributed by atoms with Crippen LogP contribution in [0.3, 0.4) is 0 Å². The summed E-state index contributed by atoms with van der Waals surface area (Å²) >= 11 is 1.22. The van der Waals surface area contributed by atoms with E-state index in [2.05, 4.69) is 14.9 Å². The van der Waals surface area contributed by atoms with Crippen LogP contribution in [-0.2, 0) is 0 Å². The maximum Gasteiger partial charge on any atom is 0.275 e. The quantitative estimate of drug-likeness (QED) is 0.801. The molecule has 1 aliphatic heterocycles. The molecule has 0 bridgehead atoms. The first-order valence-corrected chi connectivity index (χ1v) is 5.86. The number of carbonyl (C=O) groups is 1. The molecule has 1 fully saturated rings. The van der Waals surface area contributed by atoms with Crippen LogP contribution in [0.15, 0.2) is 5.38 Å². The summed E-state index contributed by atoms with van der Waals surface area (Å²) in [6.07, 6.45) is 1.07. The zero-order valence-electron chi connectivity index (χ0n) is 8.64. The lowest BCUT2D eigenvalue weighted by molar-refractivity contribution is 0.0781. The molecule has 0 saturated carbocycles. The van der Waals surface area contributed by atoms with Crippen LogP contribution in [0.2, 0.25) is 0 Å². The summed E-state index contributed by atoms with van der Waals surface area (Å²) in [4.78, 5) is 13.7. The third-order valence-electron chi connectivity index (χ3n) is 2.65. The van der Waals surface area contributed by atoms with E-state index < -0.39 is 0 Å². The van der Waals surface area contributed by atoms with Gasteiger partial charge in [-0.3, -0.25) is 4.79 Å². The van der Waals surface area contributed by atoms with Gasteiger partial charge in [0.25, 0.3) is 5.91 Å². The fraction of sp³-hybridized carbons (Fsp3) is 0.667. The van der Waals surface area contributed by atoms with Crippen LogP contribution >= 0.6 is 11.5 Å². The first-order chi connectivity index (χ1) is 7.31. The summed E-state index contributed by atoms with van der Waals surface area (Å²) in [6, 6.07) is 0. The van der Waals surface area contributed by atoms with Crippen molar-refractivity contribution in [2.45, 2.75) is 6.42 Å². The van der Waals surface area contributed by atoms with Gasteiger partial charge in [-0.1, -0.05) is 4.49 Å². The van der Waals surface area contributed by atoms with Crippen molar-refractivity contribution >= 4 is 17.4 Å². The number of rotatable bonds is 3. The van der Waals surface area contributed by atoms with Gasteiger partial charge >= 0.3 is 0 Å². The van der Waals surface area contributed by atoms with Crippen molar-refractivity contribution < 1.29 is 4.79 Å². The fourth-order valence-electron chi connectivity index (χ4n) is 1.89. The lowest BCUT2D eigenvalue weighted by Gasteiger charge is -2.14. The Kier molecular flexibility index (Phi) is 3.27. The van der Waals surface area contributed by atoms with Gasteiger partial charge in [-0.15, -0.1) is 5.10 Å². The van der Waals surface area contributed by atoms with E-state index in [1.54, 1.807) is 5.38 Å². The van der Waals surface area contributed by atoms with Gasteiger partial charge in [0.05, 0.1) is 0 Å². The van der Waals surface area contributed by atoms with E-state index in [4.69, 9.17) is 0 Å². The van der Waals surface area contributed by atoms with Gasteiger partial charge in [0.15, 0.2) is 5.69 Å². The number of aromatic nitrogens is 2. The topological polar surface area (TPSA) is 58.1 Å². The van der Waals surface area contributed by atoms with Crippen molar-refractivity contribution in [2.24, 2.45) is 5.92 Å². The second-order valence-corrected chi connectivity index (χ2v) is 4.36. The molecule has 1 amide bonds. The Bertz CT molecular complexity index is 327. The highest BCUT2D eigenvalue weighted by Crippen LogP contribution is 2.17. The van der Waals surface area contributed by atoms with Gasteiger partial charge in [0.2, 0.25) is 0 Å². The molecule has 5 nitrogen and oxygen atoms in total. The molecule has 2 heterocycles. The number of nitrogens with zero attached hydrogens (tertiary/aromatic N) is 3. The molecule has 1 saturated heterocycles. The highest BCUT2D eigenvalue weighted by atomic mass is 32.1. The maximum atomic E-state index is 11.9. The predicted octanol–water partition coefficient (Wildman–Crippen LogP) is 0.220. The van der Waals surface area contributed by atoms with E-state index in [1.807, 2.05) is 11.9 Å². The third kappa shape index (κ3) is 2.32. The molecule has 1 aliphatic rings. The second-order valence-electron chi connectivity index (χ2n) is 3.75. The largest absolute Gasteiger partial charge is 0.337 e. The van der Waals surface area contributed by atoms with Crippen molar-refractivity contribution in [3.05, 3.63) is 11.1 Å². The summed E-state index contributed by atoms with van der Waals surface area (Å²) in [6.45, 7) is 2.64. The molecule has 15 heavy (non-hydrogen) atoms. The van der Waals surface area contributed by atoms with E-state index in [0.29, 0.717) is 11.6 Å². The smallest absolute Gasteiger partial charge is 0.275 e. The summed E-state index contributed by atoms with van der Waals surface area (Å²) in [5.41, 5.74) is 0.477. The summed E-state index contributed by atoms with van der Waals surface area (Å²) in [7, 11) is 1.94. The fourth-order valence-corrected chi connectivity index (χ4v) is 2.32. The minimum absolute atomic E-state index is 0.0161. The first-order valence-electron chi connectivity index (χ1n) is 5.02. The monoisotopic (exact) mass is 226 g/mol. The predicted molar refractivity (Wildman–Crippen MR) is 57.8 cm³/mol. The van der Waals surface area contributed by atoms with Crippen LogP contribution < -0.4 is 5.32 Å². The van der Waals surface area contributed by atoms with Crippen molar-refractivity contribution in [3.63, 3.8) is 0 Å². The lowest BCUT2D eigenvalue weighted by atomic mass is 10.1. The number of hydrogen-bond acceptors (Lipinski definition) is 5. The Hall–Kier alpha value is -1.01. The zero-order chi connectivity index (χ0) is 10.7. The average molecular weight is 226 g/mol. The second kappa shape index (κ2) is 4.67. The summed E-state index contributed by atoms with van der Waals surface area (Å²) in [5, 5.41) is 8.64. The third-order valence-corrected chi connectivity index (χ3v) is 3.15. The Morgan fingerprint density at radius 3 is 3.33 bits per heavy atom. The molecule has 1 N–H and O–H groups in total. The van der Waals surface area contributed by atoms with Crippen molar-refractivity contribution in [1.82, 2.24) is 19.8 Å². The van der Waals surface area contributed by atoms with Gasteiger partial charge in [0.1, 0.15) is 0 Å². The molecular weight excluding hydrogens is 212 g/mol. The molecule has 1 aromatic heterocycles. The normalized spacial score (nSPS) is 20.9. The average Bonchev–Trinajstić information content (AvgIpc) is 2.87. The van der Waals surface area contributed by atoms with Gasteiger partial charge in [-0.25, -0.2) is 0 Å². The lowest BCUT2D eigenvalue weighted by Crippen LogP contribution is -2.30. The summed E-state index contributed by atoms with van der Waals surface area (Å²) in [5.74, 6) is 0.591. The molecule has 0 aromatic carbocycles. The minimum Gasteiger partial charge on any atom is -0.337 e. The molecule has 1 aromatic rings. The molecule has 6 heteroatoms. The molecule has 0 aliphatic carbocycles. The minimum atomic E-state index is 0.0161. The van der Waals surface area contributed by atoms with Crippen LogP contribution in [-0.4, -0.2) is 47.1 Å². The number of hydrogen-bond donors (Lipinski definition) is 1. The molecule has 1 atom stereocenters. The molecule has 0 spiro atoms. The molecule has 0 radical (unpaired) electrons. The zero-order valence-corrected chi connectivity index (χ0v) is 9.46. The van der Waals surface area contributed by atoms with E-state index in [9.17, 15) is 4.79 Å². The SMILES string of the molecule is CNCC1CCN(C(=O)c2csnn2)C1. The standard InChI is InChI=1S/C9H14N4OS/c1-10-4-7-2-3-13(5-7)9(14)8-6-15-12-11-8/h6-7,10H,2-5H2,1H3. The Labute approximate surface area is 92.6 Å². The van der Waals surface area contributed by atoms with Gasteiger partial charge < -0.3 is 10.2 Å². The highest BCUT2D eigenvalue weighted by molar-refractivity contribution is 7.03. The van der Waals surface area contributed by atoms with E-state index in [0.717, 1.165) is 26.1 Å². The number of carbonyl (C=O) groups excluding carboxylic acids is 1. The molecule has 82 valence electrons. The molecule has 1 unspecified atom stereocenters. The van der Waals surface area contributed by atoms with Gasteiger partial charge in [0, 0.05) is 18.5 Å². The van der Waals surface area contributed by atoms with Crippen LogP contribution in [0.1, 0.15) is 16.9 Å². The molecule has 2 rings (SSSR count). The van der Waals surface area contributed by atoms with E-state index >= 15 is 0 Å². The van der Waals surface area contributed by atoms with Crippen LogP contribution in [0.5, 0.6) is 0 Å². The Balaban J connectivity index is 1.93. The van der Waals surface area contributed by atoms with E-state index in [-0.39, 0.29) is 5.91 Å². The first kappa shape index (κ1) is 10.5. The maximum absolute atomic E-state index is 11.9. The summed E-state index contributed by atoms with van der Waals surface area (Å²) < 4.78 is 3.70. The Morgan fingerprint density at radius 2 is 2.67 bits per heavy atom. The van der Waals surface area contributed by atoms with Gasteiger partial charge in [-0.2, -0.15) is 0 Å². The number of likely N-dealkylation sites (tertiary alicyclic amines) is 1. The van der Waals surface area contributed by atoms with Gasteiger partial charge in [-0.05, 0) is 37.5 Å². The van der Waals surface area contributed by atoms with Crippen molar-refractivity contribution in [1.29, 1.82) is 0 Å². The van der Waals surface area contributed by atoms with Crippen LogP contribution in [0, 0.1) is 5.92 Å². The Morgan fingerprint density at radius 1 is 1.80 bits per heavy atom. The highest BCUT2D eigenvalue weighted by Gasteiger charge is 2.27. The van der Waals surface area contributed by atoms with Crippen LogP contribution in [0.4, 0.5) is 0 Å². The number of amides is 1. The van der Waals surface area contributed by atoms with Crippen LogP contribution in [0.25, 0.3) is 0 Å². The van der Waals surface area contributed by atoms with Crippen molar-refractivity contribution in [3.8, 4) is 0 Å². The molecular formula is C9H14N4OS. The van der Waals surface area contributed by atoms with Crippen molar-refractivity contribution in [2.75, 3.05) is 26.7 Å². The van der Waals surface area contributed by atoms with E-state index in [1.165, 1.54) is 11.5 Å². The number of nitrogens with one attached hydrogen (secondary N) is 1.